The Bertz CT molecular complexity index is 1200. The average Bonchev–Trinajstić information content (AvgIpc) is 3.44. The SMILES string of the molecule is CC(C)(C)OC(=O)N1CCC2(CC1)C(=O)N(C1CC(N3CC[C@H](F)C3)C1)c1cc(B3OC(C)(C)C(C)(C)O3)ccc12. The van der Waals surface area contributed by atoms with E-state index in [4.69, 9.17) is 14.0 Å². The number of anilines is 1. The summed E-state index contributed by atoms with van der Waals surface area (Å²) in [6.45, 7) is 16.0. The van der Waals surface area contributed by atoms with Crippen LogP contribution in [0.4, 0.5) is 14.9 Å². The van der Waals surface area contributed by atoms with Crippen LogP contribution in [0.1, 0.15) is 86.1 Å². The van der Waals surface area contributed by atoms with Crippen molar-refractivity contribution in [3.63, 3.8) is 0 Å². The zero-order valence-electron chi connectivity index (χ0n) is 25.7. The van der Waals surface area contributed by atoms with Crippen molar-refractivity contribution in [3.05, 3.63) is 23.8 Å². The number of rotatable bonds is 3. The molecule has 2 amide bonds. The van der Waals surface area contributed by atoms with Gasteiger partial charge in [0, 0.05) is 44.0 Å². The molecule has 8 nitrogen and oxygen atoms in total. The lowest BCUT2D eigenvalue weighted by Crippen LogP contribution is -2.57. The van der Waals surface area contributed by atoms with Crippen LogP contribution in [0.5, 0.6) is 0 Å². The number of benzene rings is 1. The highest BCUT2D eigenvalue weighted by Crippen LogP contribution is 2.51. The Balaban J connectivity index is 1.28. The van der Waals surface area contributed by atoms with Gasteiger partial charge in [0.15, 0.2) is 0 Å². The lowest BCUT2D eigenvalue weighted by Gasteiger charge is -2.46. The van der Waals surface area contributed by atoms with Crippen molar-refractivity contribution < 1.29 is 28.0 Å². The Labute approximate surface area is 244 Å². The largest absolute Gasteiger partial charge is 0.494 e. The lowest BCUT2D eigenvalue weighted by atomic mass is 9.71. The predicted octanol–water partition coefficient (Wildman–Crippen LogP) is 4.18. The van der Waals surface area contributed by atoms with E-state index in [2.05, 4.69) is 17.0 Å². The predicted molar refractivity (Wildman–Crippen MR) is 156 cm³/mol. The van der Waals surface area contributed by atoms with E-state index in [1.54, 1.807) is 4.90 Å². The second-order valence-electron chi connectivity index (χ2n) is 14.7. The molecule has 1 aromatic carbocycles. The Kier molecular flexibility index (Phi) is 6.83. The number of amides is 2. The summed E-state index contributed by atoms with van der Waals surface area (Å²) in [5.41, 5.74) is 0.687. The Morgan fingerprint density at radius 1 is 1.02 bits per heavy atom. The molecule has 3 saturated heterocycles. The van der Waals surface area contributed by atoms with Gasteiger partial charge in [-0.3, -0.25) is 9.69 Å². The number of hydrogen-bond acceptors (Lipinski definition) is 6. The fraction of sp³-hybridized carbons (Fsp3) is 0.742. The minimum atomic E-state index is -0.746. The molecule has 0 aromatic heterocycles. The second-order valence-corrected chi connectivity index (χ2v) is 14.7. The number of ether oxygens (including phenoxy) is 1. The maximum Gasteiger partial charge on any atom is 0.494 e. The fourth-order valence-corrected chi connectivity index (χ4v) is 7.12. The molecule has 4 fully saturated rings. The van der Waals surface area contributed by atoms with Gasteiger partial charge in [-0.1, -0.05) is 12.1 Å². The Morgan fingerprint density at radius 2 is 1.66 bits per heavy atom. The van der Waals surface area contributed by atoms with Crippen LogP contribution in [0.2, 0.25) is 0 Å². The summed E-state index contributed by atoms with van der Waals surface area (Å²) in [6.07, 6.45) is 2.32. The molecular weight excluding hydrogens is 524 g/mol. The quantitative estimate of drug-likeness (QED) is 0.509. The third-order valence-electron chi connectivity index (χ3n) is 10.4. The molecule has 4 heterocycles. The minimum Gasteiger partial charge on any atom is -0.444 e. The molecule has 1 saturated carbocycles. The van der Waals surface area contributed by atoms with E-state index >= 15 is 0 Å². The maximum atomic E-state index is 14.5. The molecule has 1 aliphatic carbocycles. The summed E-state index contributed by atoms with van der Waals surface area (Å²) < 4.78 is 32.2. The van der Waals surface area contributed by atoms with Crippen LogP contribution < -0.4 is 10.4 Å². The number of hydrogen-bond donors (Lipinski definition) is 0. The number of alkyl halides is 1. The fourth-order valence-electron chi connectivity index (χ4n) is 7.12. The highest BCUT2D eigenvalue weighted by Gasteiger charge is 2.57. The molecule has 6 rings (SSSR count). The monoisotopic (exact) mass is 569 g/mol. The first-order valence-electron chi connectivity index (χ1n) is 15.3. The van der Waals surface area contributed by atoms with E-state index in [9.17, 15) is 14.0 Å². The summed E-state index contributed by atoms with van der Waals surface area (Å²) in [4.78, 5) is 33.3. The van der Waals surface area contributed by atoms with Crippen molar-refractivity contribution in [1.29, 1.82) is 0 Å². The average molecular weight is 570 g/mol. The van der Waals surface area contributed by atoms with Crippen molar-refractivity contribution in [2.24, 2.45) is 0 Å². The molecule has 0 bridgehead atoms. The molecule has 0 N–H and O–H groups in total. The highest BCUT2D eigenvalue weighted by molar-refractivity contribution is 6.62. The number of nitrogens with zero attached hydrogens (tertiary/aromatic N) is 3. The van der Waals surface area contributed by atoms with E-state index in [0.29, 0.717) is 44.9 Å². The molecule has 1 aromatic rings. The van der Waals surface area contributed by atoms with Gasteiger partial charge >= 0.3 is 13.2 Å². The molecule has 0 radical (unpaired) electrons. The van der Waals surface area contributed by atoms with Gasteiger partial charge in [0.05, 0.1) is 16.6 Å². The second kappa shape index (κ2) is 9.68. The number of carbonyl (C=O) groups excluding carboxylic acids is 2. The first kappa shape index (κ1) is 28.9. The van der Waals surface area contributed by atoms with Crippen molar-refractivity contribution in [3.8, 4) is 0 Å². The summed E-state index contributed by atoms with van der Waals surface area (Å²) >= 11 is 0. The summed E-state index contributed by atoms with van der Waals surface area (Å²) in [7, 11) is -0.520. The number of carbonyl (C=O) groups is 2. The van der Waals surface area contributed by atoms with Gasteiger partial charge in [-0.25, -0.2) is 9.18 Å². The molecular formula is C31H45BFN3O5. The first-order chi connectivity index (χ1) is 19.1. The zero-order chi connectivity index (χ0) is 29.5. The molecule has 4 aliphatic heterocycles. The molecule has 41 heavy (non-hydrogen) atoms. The van der Waals surface area contributed by atoms with Gasteiger partial charge in [-0.05, 0) is 97.7 Å². The molecule has 0 unspecified atom stereocenters. The van der Waals surface area contributed by atoms with Gasteiger partial charge in [0.1, 0.15) is 11.8 Å². The van der Waals surface area contributed by atoms with Crippen LogP contribution >= 0.6 is 0 Å². The number of likely N-dealkylation sites (tertiary alicyclic amines) is 2. The first-order valence-corrected chi connectivity index (χ1v) is 15.3. The number of halogens is 1. The topological polar surface area (TPSA) is 71.6 Å². The van der Waals surface area contributed by atoms with E-state index < -0.39 is 35.5 Å². The Hall–Kier alpha value is -2.17. The summed E-state index contributed by atoms with van der Waals surface area (Å²) in [5.74, 6) is 0.121. The van der Waals surface area contributed by atoms with Gasteiger partial charge in [0.25, 0.3) is 0 Å². The number of fused-ring (bicyclic) bond motifs is 2. The molecule has 224 valence electrons. The van der Waals surface area contributed by atoms with Crippen molar-refractivity contribution >= 4 is 30.3 Å². The van der Waals surface area contributed by atoms with E-state index in [1.807, 2.05) is 59.4 Å². The van der Waals surface area contributed by atoms with E-state index in [-0.39, 0.29) is 18.0 Å². The van der Waals surface area contributed by atoms with E-state index in [1.165, 1.54) is 0 Å². The van der Waals surface area contributed by atoms with Crippen molar-refractivity contribution in [2.45, 2.75) is 121 Å². The van der Waals surface area contributed by atoms with Crippen LogP contribution in [0.25, 0.3) is 0 Å². The van der Waals surface area contributed by atoms with Gasteiger partial charge in [-0.15, -0.1) is 0 Å². The Morgan fingerprint density at radius 3 is 2.22 bits per heavy atom. The van der Waals surface area contributed by atoms with Crippen LogP contribution in [-0.2, 0) is 24.3 Å². The summed E-state index contributed by atoms with van der Waals surface area (Å²) in [6, 6.07) is 6.59. The standard InChI is InChI=1S/C31H45BFN3O5/c1-28(2,3)39-27(38)34-14-11-31(12-15-34)24-9-8-20(32-40-29(4,5)30(6,7)41-32)16-25(24)36(26(31)37)23-17-22(18-23)35-13-10-21(33)19-35/h8-9,16,21-23H,10-15,17-19H2,1-7H3/t21-,22?,23?/m0/s1. The van der Waals surface area contributed by atoms with Gasteiger partial charge in [-0.2, -0.15) is 0 Å². The molecule has 10 heteroatoms. The molecule has 1 spiro atoms. The molecule has 1 atom stereocenters. The maximum absolute atomic E-state index is 14.5. The molecule has 5 aliphatic rings. The third-order valence-corrected chi connectivity index (χ3v) is 10.4. The van der Waals surface area contributed by atoms with Crippen LogP contribution in [0.15, 0.2) is 18.2 Å². The van der Waals surface area contributed by atoms with Crippen LogP contribution in [-0.4, -0.2) is 90.2 Å². The normalized spacial score (nSPS) is 30.6. The minimum absolute atomic E-state index is 0.0710. The van der Waals surface area contributed by atoms with Crippen molar-refractivity contribution in [2.75, 3.05) is 31.1 Å². The highest BCUT2D eigenvalue weighted by atomic mass is 19.1. The number of piperidine rings is 1. The third kappa shape index (κ3) is 4.87. The van der Waals surface area contributed by atoms with Gasteiger partial charge in [0.2, 0.25) is 5.91 Å². The van der Waals surface area contributed by atoms with Crippen LogP contribution in [0.3, 0.4) is 0 Å². The lowest BCUT2D eigenvalue weighted by molar-refractivity contribution is -0.126. The van der Waals surface area contributed by atoms with Crippen molar-refractivity contribution in [1.82, 2.24) is 9.80 Å². The summed E-state index contributed by atoms with van der Waals surface area (Å²) in [5, 5.41) is 0. The van der Waals surface area contributed by atoms with Gasteiger partial charge < -0.3 is 23.8 Å². The van der Waals surface area contributed by atoms with E-state index in [0.717, 1.165) is 36.1 Å². The smallest absolute Gasteiger partial charge is 0.444 e. The zero-order valence-corrected chi connectivity index (χ0v) is 25.7. The van der Waals surface area contributed by atoms with Crippen LogP contribution in [0, 0.1) is 0 Å².